The van der Waals surface area contributed by atoms with Gasteiger partial charge < -0.3 is 9.80 Å². The lowest BCUT2D eigenvalue weighted by molar-refractivity contribution is -0.144. The number of carbonyl (C=O) groups excluding carboxylic acids is 2. The summed E-state index contributed by atoms with van der Waals surface area (Å²) in [6.45, 7) is 9.34. The van der Waals surface area contributed by atoms with Crippen molar-refractivity contribution in [2.75, 3.05) is 32.7 Å². The molecule has 194 valence electrons. The molecule has 2 aliphatic rings. The minimum Gasteiger partial charge on any atom is -0.338 e. The van der Waals surface area contributed by atoms with Crippen molar-refractivity contribution in [3.8, 4) is 0 Å². The fourth-order valence-corrected chi connectivity index (χ4v) is 6.92. The predicted molar refractivity (Wildman–Crippen MR) is 150 cm³/mol. The van der Waals surface area contributed by atoms with Crippen molar-refractivity contribution in [3.05, 3.63) is 93.2 Å². The standard InChI is InChI=1S/C31H37N3O2S/c1-4-25(24-11-6-5-7-12-24)31(36)34-18-17-32(20-23(34)3)29(35)21-33-16-14-28-27(15-19-37-28)30(33)26-13-9-8-10-22(26)2/h5-13,15,19,23,25,30H,4,14,16-18,20-21H2,1-3H3. The number of nitrogens with zero attached hydrogens (tertiary/aromatic N) is 3. The molecule has 0 aliphatic carbocycles. The van der Waals surface area contributed by atoms with Gasteiger partial charge in [-0.1, -0.05) is 61.5 Å². The van der Waals surface area contributed by atoms with Crippen LogP contribution in [0.1, 0.15) is 59.4 Å². The molecular formula is C31H37N3O2S. The van der Waals surface area contributed by atoms with Crippen molar-refractivity contribution < 1.29 is 9.59 Å². The van der Waals surface area contributed by atoms with Gasteiger partial charge in [-0.2, -0.15) is 0 Å². The number of carbonyl (C=O) groups is 2. The molecule has 0 saturated carbocycles. The molecule has 1 fully saturated rings. The average Bonchev–Trinajstić information content (AvgIpc) is 3.39. The molecule has 0 bridgehead atoms. The number of aryl methyl sites for hydroxylation is 1. The van der Waals surface area contributed by atoms with E-state index in [0.29, 0.717) is 26.2 Å². The van der Waals surface area contributed by atoms with Crippen molar-refractivity contribution in [3.63, 3.8) is 0 Å². The quantitative estimate of drug-likeness (QED) is 0.450. The monoisotopic (exact) mass is 515 g/mol. The molecule has 6 heteroatoms. The lowest BCUT2D eigenvalue weighted by Crippen LogP contribution is -2.57. The Morgan fingerprint density at radius 3 is 2.46 bits per heavy atom. The summed E-state index contributed by atoms with van der Waals surface area (Å²) in [6.07, 6.45) is 1.76. The second kappa shape index (κ2) is 11.2. The van der Waals surface area contributed by atoms with Crippen molar-refractivity contribution >= 4 is 23.2 Å². The molecule has 3 heterocycles. The molecular weight excluding hydrogens is 478 g/mol. The third-order valence-corrected chi connectivity index (χ3v) is 9.06. The Morgan fingerprint density at radius 1 is 0.973 bits per heavy atom. The van der Waals surface area contributed by atoms with Crippen molar-refractivity contribution in [2.24, 2.45) is 0 Å². The van der Waals surface area contributed by atoms with E-state index < -0.39 is 0 Å². The molecule has 37 heavy (non-hydrogen) atoms. The van der Waals surface area contributed by atoms with Gasteiger partial charge in [0.25, 0.3) is 0 Å². The van der Waals surface area contributed by atoms with Crippen molar-refractivity contribution in [1.29, 1.82) is 0 Å². The molecule has 0 spiro atoms. The summed E-state index contributed by atoms with van der Waals surface area (Å²) >= 11 is 1.82. The lowest BCUT2D eigenvalue weighted by Gasteiger charge is -2.43. The highest BCUT2D eigenvalue weighted by atomic mass is 32.1. The normalized spacial score (nSPS) is 20.9. The van der Waals surface area contributed by atoms with Gasteiger partial charge in [0.05, 0.1) is 18.5 Å². The first kappa shape index (κ1) is 25.7. The summed E-state index contributed by atoms with van der Waals surface area (Å²) in [6, 6.07) is 20.9. The van der Waals surface area contributed by atoms with Gasteiger partial charge in [-0.3, -0.25) is 14.5 Å². The third-order valence-electron chi connectivity index (χ3n) is 8.06. The lowest BCUT2D eigenvalue weighted by atomic mass is 9.90. The average molecular weight is 516 g/mol. The van der Waals surface area contributed by atoms with Crippen molar-refractivity contribution in [1.82, 2.24) is 14.7 Å². The number of amides is 2. The highest BCUT2D eigenvalue weighted by molar-refractivity contribution is 7.10. The summed E-state index contributed by atoms with van der Waals surface area (Å²) < 4.78 is 0. The molecule has 0 radical (unpaired) electrons. The van der Waals surface area contributed by atoms with Gasteiger partial charge in [-0.15, -0.1) is 11.3 Å². The van der Waals surface area contributed by atoms with Crippen LogP contribution in [0.25, 0.3) is 0 Å². The highest BCUT2D eigenvalue weighted by Crippen LogP contribution is 2.38. The topological polar surface area (TPSA) is 43.9 Å². The van der Waals surface area contributed by atoms with Gasteiger partial charge in [0.15, 0.2) is 0 Å². The van der Waals surface area contributed by atoms with Gasteiger partial charge in [0.2, 0.25) is 11.8 Å². The highest BCUT2D eigenvalue weighted by Gasteiger charge is 2.36. The van der Waals surface area contributed by atoms with E-state index in [1.54, 1.807) is 0 Å². The first-order valence-electron chi connectivity index (χ1n) is 13.5. The van der Waals surface area contributed by atoms with Crippen LogP contribution in [-0.4, -0.2) is 65.3 Å². The summed E-state index contributed by atoms with van der Waals surface area (Å²) in [5.74, 6) is 0.203. The second-order valence-electron chi connectivity index (χ2n) is 10.4. The Morgan fingerprint density at radius 2 is 1.73 bits per heavy atom. The fourth-order valence-electron chi connectivity index (χ4n) is 6.02. The Kier molecular flexibility index (Phi) is 7.77. The largest absolute Gasteiger partial charge is 0.338 e. The zero-order valence-corrected chi connectivity index (χ0v) is 22.9. The first-order chi connectivity index (χ1) is 18.0. The number of thiophene rings is 1. The van der Waals surface area contributed by atoms with Crippen LogP contribution >= 0.6 is 11.3 Å². The molecule has 1 saturated heterocycles. The maximum absolute atomic E-state index is 13.6. The summed E-state index contributed by atoms with van der Waals surface area (Å²) in [7, 11) is 0. The molecule has 1 aromatic heterocycles. The van der Waals surface area contributed by atoms with Crippen LogP contribution in [0.3, 0.4) is 0 Å². The zero-order valence-electron chi connectivity index (χ0n) is 22.1. The van der Waals surface area contributed by atoms with Gasteiger partial charge in [0.1, 0.15) is 0 Å². The van der Waals surface area contributed by atoms with Crippen LogP contribution in [0.15, 0.2) is 66.0 Å². The molecule has 5 rings (SSSR count). The molecule has 2 aromatic carbocycles. The van der Waals surface area contributed by atoms with E-state index in [2.05, 4.69) is 61.4 Å². The summed E-state index contributed by atoms with van der Waals surface area (Å²) in [5, 5.41) is 2.18. The van der Waals surface area contributed by atoms with E-state index in [1.807, 2.05) is 51.5 Å². The number of piperazine rings is 1. The van der Waals surface area contributed by atoms with Crippen LogP contribution in [0.4, 0.5) is 0 Å². The van der Waals surface area contributed by atoms with E-state index in [0.717, 1.165) is 24.9 Å². The summed E-state index contributed by atoms with van der Waals surface area (Å²) in [4.78, 5) is 34.8. The van der Waals surface area contributed by atoms with Crippen LogP contribution in [-0.2, 0) is 16.0 Å². The first-order valence-corrected chi connectivity index (χ1v) is 14.3. The maximum atomic E-state index is 13.6. The Labute approximate surface area is 224 Å². The van der Waals surface area contributed by atoms with Gasteiger partial charge in [-0.25, -0.2) is 0 Å². The third kappa shape index (κ3) is 5.23. The smallest absolute Gasteiger partial charge is 0.236 e. The fraction of sp³-hybridized carbons (Fsp3) is 0.419. The van der Waals surface area contributed by atoms with Crippen LogP contribution in [0.2, 0.25) is 0 Å². The van der Waals surface area contributed by atoms with Gasteiger partial charge in [-0.05, 0) is 60.4 Å². The number of rotatable bonds is 6. The van der Waals surface area contributed by atoms with E-state index in [9.17, 15) is 9.59 Å². The Hall–Kier alpha value is -2.96. The minimum atomic E-state index is -0.131. The second-order valence-corrected chi connectivity index (χ2v) is 11.4. The van der Waals surface area contributed by atoms with E-state index in [-0.39, 0.29) is 29.8 Å². The molecule has 3 atom stereocenters. The van der Waals surface area contributed by atoms with Gasteiger partial charge in [0, 0.05) is 37.1 Å². The Bertz CT molecular complexity index is 1240. The number of benzene rings is 2. The van der Waals surface area contributed by atoms with Crippen LogP contribution in [0.5, 0.6) is 0 Å². The minimum absolute atomic E-state index is 0.0000378. The van der Waals surface area contributed by atoms with Crippen LogP contribution < -0.4 is 0 Å². The van der Waals surface area contributed by atoms with E-state index >= 15 is 0 Å². The van der Waals surface area contributed by atoms with E-state index in [4.69, 9.17) is 0 Å². The van der Waals surface area contributed by atoms with Gasteiger partial charge >= 0.3 is 0 Å². The molecule has 2 aliphatic heterocycles. The predicted octanol–water partition coefficient (Wildman–Crippen LogP) is 5.26. The molecule has 2 amide bonds. The van der Waals surface area contributed by atoms with Crippen LogP contribution in [0, 0.1) is 6.92 Å². The summed E-state index contributed by atoms with van der Waals surface area (Å²) in [5.41, 5.74) is 4.95. The Balaban J connectivity index is 1.27. The maximum Gasteiger partial charge on any atom is 0.236 e. The molecule has 3 aromatic rings. The number of hydrogen-bond acceptors (Lipinski definition) is 4. The SMILES string of the molecule is CCC(C(=O)N1CCN(C(=O)CN2CCc3sccc3C2c2ccccc2C)CC1C)c1ccccc1. The van der Waals surface area contributed by atoms with E-state index in [1.165, 1.54) is 21.6 Å². The molecule has 5 nitrogen and oxygen atoms in total. The molecule has 0 N–H and O–H groups in total. The number of fused-ring (bicyclic) bond motifs is 1. The molecule has 3 unspecified atom stereocenters. The van der Waals surface area contributed by atoms with Crippen molar-refractivity contribution in [2.45, 2.75) is 51.6 Å². The number of hydrogen-bond donors (Lipinski definition) is 0. The zero-order chi connectivity index (χ0) is 25.9.